The van der Waals surface area contributed by atoms with E-state index in [0.717, 1.165) is 25.7 Å². The summed E-state index contributed by atoms with van der Waals surface area (Å²) in [6.45, 7) is 1.28. The summed E-state index contributed by atoms with van der Waals surface area (Å²) in [5.74, 6) is -0.470. The molecule has 1 aliphatic carbocycles. The molecule has 0 bridgehead atoms. The summed E-state index contributed by atoms with van der Waals surface area (Å²) in [4.78, 5) is 11.7. The molecule has 2 aliphatic rings. The van der Waals surface area contributed by atoms with E-state index in [1.807, 2.05) is 0 Å². The number of hydrogen-bond acceptors (Lipinski definition) is 4. The number of methoxy groups -OCH3 is 1. The van der Waals surface area contributed by atoms with Gasteiger partial charge in [0.1, 0.15) is 0 Å². The van der Waals surface area contributed by atoms with Crippen LogP contribution in [0, 0.1) is 5.41 Å². The zero-order chi connectivity index (χ0) is 10.9. The van der Waals surface area contributed by atoms with E-state index >= 15 is 0 Å². The molecule has 86 valence electrons. The van der Waals surface area contributed by atoms with E-state index in [-0.39, 0.29) is 5.41 Å². The van der Waals surface area contributed by atoms with Gasteiger partial charge in [-0.25, -0.2) is 4.79 Å². The summed E-state index contributed by atoms with van der Waals surface area (Å²) in [6, 6.07) is 0. The monoisotopic (exact) mass is 214 g/mol. The predicted molar refractivity (Wildman–Crippen MR) is 53.3 cm³/mol. The standard InChI is InChI=1S/C11H18O4/c1-14-9(12)11(13)4-2-3-10(11)5-7-15-8-6-10/h13H,2-8H2,1H3. The van der Waals surface area contributed by atoms with Crippen LogP contribution in [0.2, 0.25) is 0 Å². The van der Waals surface area contributed by atoms with Gasteiger partial charge in [0.05, 0.1) is 7.11 Å². The first-order chi connectivity index (χ1) is 7.15. The van der Waals surface area contributed by atoms with E-state index in [4.69, 9.17) is 9.47 Å². The van der Waals surface area contributed by atoms with Gasteiger partial charge in [-0.1, -0.05) is 0 Å². The maximum absolute atomic E-state index is 11.7. The maximum Gasteiger partial charge on any atom is 0.338 e. The van der Waals surface area contributed by atoms with Crippen molar-refractivity contribution in [3.8, 4) is 0 Å². The minimum absolute atomic E-state index is 0.293. The van der Waals surface area contributed by atoms with Crippen LogP contribution in [0.3, 0.4) is 0 Å². The molecule has 0 aromatic carbocycles. The normalized spacial score (nSPS) is 34.3. The Bertz CT molecular complexity index is 257. The first-order valence-electron chi connectivity index (χ1n) is 5.53. The van der Waals surface area contributed by atoms with Crippen LogP contribution < -0.4 is 0 Å². The molecule has 2 rings (SSSR count). The Labute approximate surface area is 89.6 Å². The highest BCUT2D eigenvalue weighted by Crippen LogP contribution is 2.53. The first kappa shape index (κ1) is 10.9. The van der Waals surface area contributed by atoms with E-state index in [9.17, 15) is 9.90 Å². The van der Waals surface area contributed by atoms with E-state index < -0.39 is 11.6 Å². The molecule has 0 amide bonds. The average molecular weight is 214 g/mol. The van der Waals surface area contributed by atoms with Crippen molar-refractivity contribution in [1.82, 2.24) is 0 Å². The molecule has 1 heterocycles. The van der Waals surface area contributed by atoms with Crippen LogP contribution in [0.25, 0.3) is 0 Å². The van der Waals surface area contributed by atoms with Gasteiger partial charge in [-0.2, -0.15) is 0 Å². The lowest BCUT2D eigenvalue weighted by molar-refractivity contribution is -0.182. The average Bonchev–Trinajstić information content (AvgIpc) is 2.58. The largest absolute Gasteiger partial charge is 0.467 e. The molecular formula is C11H18O4. The predicted octanol–water partition coefficient (Wildman–Crippen LogP) is 0.871. The summed E-state index contributed by atoms with van der Waals surface area (Å²) < 4.78 is 10.0. The maximum atomic E-state index is 11.7. The number of esters is 1. The summed E-state index contributed by atoms with van der Waals surface area (Å²) in [7, 11) is 1.34. The zero-order valence-electron chi connectivity index (χ0n) is 9.12. The minimum Gasteiger partial charge on any atom is -0.467 e. The van der Waals surface area contributed by atoms with Crippen molar-refractivity contribution in [2.75, 3.05) is 20.3 Å². The van der Waals surface area contributed by atoms with Crippen molar-refractivity contribution in [3.63, 3.8) is 0 Å². The topological polar surface area (TPSA) is 55.8 Å². The van der Waals surface area contributed by atoms with Gasteiger partial charge in [-0.3, -0.25) is 0 Å². The number of hydrogen-bond donors (Lipinski definition) is 1. The third kappa shape index (κ3) is 1.47. The second-order valence-corrected chi connectivity index (χ2v) is 4.60. The summed E-state index contributed by atoms with van der Waals surface area (Å²) in [6.07, 6.45) is 3.85. The van der Waals surface area contributed by atoms with E-state index in [0.29, 0.717) is 19.6 Å². The van der Waals surface area contributed by atoms with Crippen LogP contribution in [0.1, 0.15) is 32.1 Å². The van der Waals surface area contributed by atoms with Crippen LogP contribution >= 0.6 is 0 Å². The highest BCUT2D eigenvalue weighted by atomic mass is 16.5. The molecule has 0 radical (unpaired) electrons. The van der Waals surface area contributed by atoms with E-state index in [1.54, 1.807) is 0 Å². The molecule has 4 nitrogen and oxygen atoms in total. The molecule has 1 atom stereocenters. The molecule has 4 heteroatoms. The molecule has 1 aliphatic heterocycles. The molecule has 1 N–H and O–H groups in total. The molecule has 1 unspecified atom stereocenters. The molecular weight excluding hydrogens is 196 g/mol. The highest BCUT2D eigenvalue weighted by molar-refractivity contribution is 5.81. The smallest absolute Gasteiger partial charge is 0.338 e. The molecule has 1 saturated carbocycles. The Kier molecular flexibility index (Phi) is 2.73. The molecule has 2 fully saturated rings. The van der Waals surface area contributed by atoms with Crippen LogP contribution in [0.15, 0.2) is 0 Å². The van der Waals surface area contributed by atoms with Crippen molar-refractivity contribution in [2.24, 2.45) is 5.41 Å². The Balaban J connectivity index is 2.26. The van der Waals surface area contributed by atoms with Gasteiger partial charge in [0.15, 0.2) is 5.60 Å². The third-order valence-electron chi connectivity index (χ3n) is 4.04. The Hall–Kier alpha value is -0.610. The lowest BCUT2D eigenvalue weighted by Gasteiger charge is -2.42. The van der Waals surface area contributed by atoms with Crippen LogP contribution in [-0.2, 0) is 14.3 Å². The number of rotatable bonds is 1. The third-order valence-corrected chi connectivity index (χ3v) is 4.04. The van der Waals surface area contributed by atoms with Gasteiger partial charge in [0, 0.05) is 18.6 Å². The van der Waals surface area contributed by atoms with Gasteiger partial charge >= 0.3 is 5.97 Å². The Morgan fingerprint density at radius 2 is 1.93 bits per heavy atom. The summed E-state index contributed by atoms with van der Waals surface area (Å²) >= 11 is 0. The fourth-order valence-electron chi connectivity index (χ4n) is 3.07. The first-order valence-corrected chi connectivity index (χ1v) is 5.53. The van der Waals surface area contributed by atoms with Crippen LogP contribution in [0.5, 0.6) is 0 Å². The molecule has 1 saturated heterocycles. The minimum atomic E-state index is -1.27. The van der Waals surface area contributed by atoms with Gasteiger partial charge in [-0.15, -0.1) is 0 Å². The zero-order valence-corrected chi connectivity index (χ0v) is 9.12. The van der Waals surface area contributed by atoms with Crippen molar-refractivity contribution >= 4 is 5.97 Å². The molecule has 0 aromatic heterocycles. The quantitative estimate of drug-likeness (QED) is 0.658. The summed E-state index contributed by atoms with van der Waals surface area (Å²) in [5.41, 5.74) is -1.57. The highest BCUT2D eigenvalue weighted by Gasteiger charge is 2.59. The Morgan fingerprint density at radius 1 is 1.27 bits per heavy atom. The van der Waals surface area contributed by atoms with E-state index in [1.165, 1.54) is 7.11 Å². The van der Waals surface area contributed by atoms with Crippen molar-refractivity contribution in [3.05, 3.63) is 0 Å². The number of carbonyl (C=O) groups excluding carboxylic acids is 1. The molecule has 15 heavy (non-hydrogen) atoms. The van der Waals surface area contributed by atoms with Crippen LogP contribution in [0.4, 0.5) is 0 Å². The number of ether oxygens (including phenoxy) is 2. The van der Waals surface area contributed by atoms with Crippen LogP contribution in [-0.4, -0.2) is 37.0 Å². The second-order valence-electron chi connectivity index (χ2n) is 4.60. The molecule has 0 aromatic rings. The van der Waals surface area contributed by atoms with E-state index in [2.05, 4.69) is 0 Å². The number of carbonyl (C=O) groups is 1. The molecule has 1 spiro atoms. The van der Waals surface area contributed by atoms with Gasteiger partial charge in [0.2, 0.25) is 0 Å². The number of aliphatic hydroxyl groups is 1. The summed E-state index contributed by atoms with van der Waals surface area (Å²) in [5, 5.41) is 10.5. The fraction of sp³-hybridized carbons (Fsp3) is 0.909. The SMILES string of the molecule is COC(=O)C1(O)CCCC12CCOCC2. The van der Waals surface area contributed by atoms with Crippen molar-refractivity contribution < 1.29 is 19.4 Å². The lowest BCUT2D eigenvalue weighted by Crippen LogP contribution is -2.53. The van der Waals surface area contributed by atoms with Gasteiger partial charge in [-0.05, 0) is 32.1 Å². The Morgan fingerprint density at radius 3 is 2.53 bits per heavy atom. The van der Waals surface area contributed by atoms with Crippen molar-refractivity contribution in [2.45, 2.75) is 37.7 Å². The second kappa shape index (κ2) is 3.76. The fourth-order valence-corrected chi connectivity index (χ4v) is 3.07. The lowest BCUT2D eigenvalue weighted by atomic mass is 9.69. The van der Waals surface area contributed by atoms with Gasteiger partial charge in [0.25, 0.3) is 0 Å². The van der Waals surface area contributed by atoms with Crippen molar-refractivity contribution in [1.29, 1.82) is 0 Å². The van der Waals surface area contributed by atoms with Gasteiger partial charge < -0.3 is 14.6 Å².